The average molecular weight is 448 g/mol. The van der Waals surface area contributed by atoms with E-state index in [1.807, 2.05) is 60.7 Å². The Morgan fingerprint density at radius 3 is 2.03 bits per heavy atom. The van der Waals surface area contributed by atoms with Gasteiger partial charge in [0, 0.05) is 10.6 Å². The van der Waals surface area contributed by atoms with Gasteiger partial charge in [-0.2, -0.15) is 0 Å². The molecule has 4 amide bonds. The van der Waals surface area contributed by atoms with Gasteiger partial charge in [0.2, 0.25) is 5.91 Å². The molecule has 7 heteroatoms. The lowest BCUT2D eigenvalue weighted by Gasteiger charge is -2.24. The Kier molecular flexibility index (Phi) is 5.97. The fourth-order valence-electron chi connectivity index (χ4n) is 3.89. The van der Waals surface area contributed by atoms with E-state index in [1.165, 1.54) is 0 Å². The molecule has 1 atom stereocenters. The number of benzene rings is 3. The van der Waals surface area contributed by atoms with Gasteiger partial charge in [0.15, 0.2) is 0 Å². The molecular formula is C25H22ClN3O3. The maximum Gasteiger partial charge on any atom is 0.325 e. The van der Waals surface area contributed by atoms with Crippen LogP contribution in [0, 0.1) is 0 Å². The smallest absolute Gasteiger partial charge is 0.325 e. The van der Waals surface area contributed by atoms with E-state index in [-0.39, 0.29) is 0 Å². The van der Waals surface area contributed by atoms with Gasteiger partial charge in [-0.25, -0.2) is 4.79 Å². The monoisotopic (exact) mass is 447 g/mol. The van der Waals surface area contributed by atoms with Gasteiger partial charge < -0.3 is 10.6 Å². The third-order valence-electron chi connectivity index (χ3n) is 5.56. The lowest BCUT2D eigenvalue weighted by Crippen LogP contribution is -2.44. The number of carbonyl (C=O) groups is 3. The number of halogens is 1. The maximum absolute atomic E-state index is 13.2. The molecule has 3 aromatic carbocycles. The van der Waals surface area contributed by atoms with Crippen molar-refractivity contribution in [2.45, 2.75) is 18.5 Å². The molecule has 162 valence electrons. The Labute approximate surface area is 191 Å². The molecule has 1 aliphatic rings. The molecule has 1 heterocycles. The van der Waals surface area contributed by atoms with Crippen molar-refractivity contribution in [1.29, 1.82) is 0 Å². The van der Waals surface area contributed by atoms with Gasteiger partial charge in [0.1, 0.15) is 12.1 Å². The van der Waals surface area contributed by atoms with E-state index in [2.05, 4.69) is 10.6 Å². The summed E-state index contributed by atoms with van der Waals surface area (Å²) >= 11 is 6.26. The third kappa shape index (κ3) is 4.09. The maximum atomic E-state index is 13.2. The van der Waals surface area contributed by atoms with E-state index in [0.717, 1.165) is 16.0 Å². The van der Waals surface area contributed by atoms with E-state index in [4.69, 9.17) is 11.6 Å². The summed E-state index contributed by atoms with van der Waals surface area (Å²) in [5, 5.41) is 6.00. The summed E-state index contributed by atoms with van der Waals surface area (Å²) in [6.07, 6.45) is 0. The van der Waals surface area contributed by atoms with Crippen molar-refractivity contribution in [2.75, 3.05) is 6.54 Å². The number of urea groups is 1. The molecule has 0 saturated carbocycles. The number of amides is 4. The molecule has 3 aromatic rings. The molecule has 0 radical (unpaired) electrons. The van der Waals surface area contributed by atoms with Crippen LogP contribution in [0.5, 0.6) is 0 Å². The summed E-state index contributed by atoms with van der Waals surface area (Å²) in [6, 6.07) is 24.8. The number of rotatable bonds is 6. The van der Waals surface area contributed by atoms with Crippen LogP contribution in [0.2, 0.25) is 5.02 Å². The fourth-order valence-corrected chi connectivity index (χ4v) is 4.21. The van der Waals surface area contributed by atoms with E-state index in [9.17, 15) is 14.4 Å². The Bertz CT molecular complexity index is 1110. The van der Waals surface area contributed by atoms with Gasteiger partial charge in [0.25, 0.3) is 5.91 Å². The highest BCUT2D eigenvalue weighted by Gasteiger charge is 2.50. The first-order valence-electron chi connectivity index (χ1n) is 10.2. The summed E-state index contributed by atoms with van der Waals surface area (Å²) in [6.45, 7) is 1.18. The van der Waals surface area contributed by atoms with E-state index in [1.54, 1.807) is 31.2 Å². The van der Waals surface area contributed by atoms with Gasteiger partial charge in [-0.1, -0.05) is 90.5 Å². The predicted molar refractivity (Wildman–Crippen MR) is 122 cm³/mol. The van der Waals surface area contributed by atoms with Crippen LogP contribution >= 0.6 is 11.6 Å². The second-order valence-corrected chi connectivity index (χ2v) is 8.16. The van der Waals surface area contributed by atoms with E-state index in [0.29, 0.717) is 10.6 Å². The highest BCUT2D eigenvalue weighted by atomic mass is 35.5. The summed E-state index contributed by atoms with van der Waals surface area (Å²) in [4.78, 5) is 39.6. The van der Waals surface area contributed by atoms with Crippen LogP contribution in [-0.2, 0) is 15.1 Å². The summed E-state index contributed by atoms with van der Waals surface area (Å²) < 4.78 is 0. The second kappa shape index (κ2) is 8.85. The summed E-state index contributed by atoms with van der Waals surface area (Å²) in [5.41, 5.74) is 0.929. The van der Waals surface area contributed by atoms with E-state index < -0.39 is 36.0 Å². The zero-order valence-electron chi connectivity index (χ0n) is 17.4. The molecule has 1 fully saturated rings. The van der Waals surface area contributed by atoms with Crippen LogP contribution in [0.3, 0.4) is 0 Å². The summed E-state index contributed by atoms with van der Waals surface area (Å²) in [5.74, 6) is -0.976. The molecule has 32 heavy (non-hydrogen) atoms. The van der Waals surface area contributed by atoms with Crippen molar-refractivity contribution in [3.8, 4) is 0 Å². The van der Waals surface area contributed by atoms with Gasteiger partial charge in [0.05, 0.1) is 6.04 Å². The number of imide groups is 1. The quantitative estimate of drug-likeness (QED) is 0.560. The van der Waals surface area contributed by atoms with Crippen molar-refractivity contribution in [3.63, 3.8) is 0 Å². The minimum absolute atomic E-state index is 0.364. The zero-order chi connectivity index (χ0) is 22.7. The van der Waals surface area contributed by atoms with Crippen LogP contribution in [0.4, 0.5) is 4.79 Å². The Morgan fingerprint density at radius 2 is 1.47 bits per heavy atom. The minimum Gasteiger partial charge on any atom is -0.344 e. The first kappa shape index (κ1) is 21.6. The molecular weight excluding hydrogens is 426 g/mol. The van der Waals surface area contributed by atoms with Crippen molar-refractivity contribution in [2.24, 2.45) is 0 Å². The van der Waals surface area contributed by atoms with Crippen LogP contribution in [0.25, 0.3) is 0 Å². The Hall–Kier alpha value is -3.64. The van der Waals surface area contributed by atoms with Crippen LogP contribution in [0.15, 0.2) is 84.9 Å². The highest BCUT2D eigenvalue weighted by molar-refractivity contribution is 6.32. The topological polar surface area (TPSA) is 78.5 Å². The number of nitrogens with one attached hydrogen (secondary N) is 2. The van der Waals surface area contributed by atoms with Gasteiger partial charge in [-0.15, -0.1) is 0 Å². The Balaban J connectivity index is 1.55. The first-order valence-corrected chi connectivity index (χ1v) is 10.6. The van der Waals surface area contributed by atoms with Crippen molar-refractivity contribution < 1.29 is 14.4 Å². The van der Waals surface area contributed by atoms with E-state index >= 15 is 0 Å². The Morgan fingerprint density at radius 1 is 0.938 bits per heavy atom. The van der Waals surface area contributed by atoms with Crippen LogP contribution in [-0.4, -0.2) is 29.3 Å². The molecule has 6 nitrogen and oxygen atoms in total. The molecule has 0 spiro atoms. The fraction of sp³-hybridized carbons (Fsp3) is 0.160. The lowest BCUT2D eigenvalue weighted by molar-refractivity contribution is -0.135. The average Bonchev–Trinajstić information content (AvgIpc) is 3.02. The number of hydrogen-bond donors (Lipinski definition) is 2. The zero-order valence-corrected chi connectivity index (χ0v) is 18.2. The third-order valence-corrected chi connectivity index (χ3v) is 5.89. The largest absolute Gasteiger partial charge is 0.344 e. The highest BCUT2D eigenvalue weighted by Crippen LogP contribution is 2.33. The minimum atomic E-state index is -1.34. The van der Waals surface area contributed by atoms with Crippen molar-refractivity contribution in [3.05, 3.63) is 107 Å². The predicted octanol–water partition coefficient (Wildman–Crippen LogP) is 4.01. The molecule has 1 saturated heterocycles. The molecule has 1 unspecified atom stereocenters. The summed E-state index contributed by atoms with van der Waals surface area (Å²) in [7, 11) is 0. The normalized spacial score (nSPS) is 18.0. The van der Waals surface area contributed by atoms with Crippen LogP contribution in [0.1, 0.15) is 29.7 Å². The van der Waals surface area contributed by atoms with Gasteiger partial charge >= 0.3 is 6.03 Å². The van der Waals surface area contributed by atoms with Crippen molar-refractivity contribution in [1.82, 2.24) is 15.5 Å². The van der Waals surface area contributed by atoms with Crippen molar-refractivity contribution >= 4 is 29.4 Å². The van der Waals surface area contributed by atoms with Gasteiger partial charge in [-0.05, 0) is 24.1 Å². The molecule has 2 N–H and O–H groups in total. The van der Waals surface area contributed by atoms with Crippen LogP contribution < -0.4 is 10.6 Å². The molecule has 0 bridgehead atoms. The molecule has 4 rings (SSSR count). The molecule has 0 aliphatic carbocycles. The SMILES string of the molecule is CC1(c2ccccc2Cl)NC(=O)N(CC(=O)NC(c2ccccc2)c2ccccc2)C1=O. The number of carbonyl (C=O) groups excluding carboxylic acids is 3. The van der Waals surface area contributed by atoms with Gasteiger partial charge in [-0.3, -0.25) is 14.5 Å². The second-order valence-electron chi connectivity index (χ2n) is 7.75. The lowest BCUT2D eigenvalue weighted by atomic mass is 9.92. The first-order chi connectivity index (χ1) is 15.4. The molecule has 0 aromatic heterocycles. The number of nitrogens with zero attached hydrogens (tertiary/aromatic N) is 1. The molecule has 1 aliphatic heterocycles. The standard InChI is InChI=1S/C25H22ClN3O3/c1-25(19-14-8-9-15-20(19)26)23(31)29(24(32)28-25)16-21(30)27-22(17-10-4-2-5-11-17)18-12-6-3-7-13-18/h2-15,22H,16H2,1H3,(H,27,30)(H,28,32). The number of hydrogen-bond acceptors (Lipinski definition) is 3.